The van der Waals surface area contributed by atoms with Gasteiger partial charge in [-0.15, -0.1) is 0 Å². The van der Waals surface area contributed by atoms with Crippen LogP contribution in [0.15, 0.2) is 36.4 Å². The first-order valence-corrected chi connectivity index (χ1v) is 6.96. The predicted molar refractivity (Wildman–Crippen MR) is 83.3 cm³/mol. The Morgan fingerprint density at radius 3 is 2.52 bits per heavy atom. The normalized spacial score (nSPS) is 10.2. The van der Waals surface area contributed by atoms with Crippen LogP contribution in [-0.4, -0.2) is 12.6 Å². The summed E-state index contributed by atoms with van der Waals surface area (Å²) in [5.74, 6) is 0.492. The Balaban J connectivity index is 2.21. The molecule has 0 aromatic heterocycles. The van der Waals surface area contributed by atoms with Gasteiger partial charge in [-0.2, -0.15) is 0 Å². The molecule has 0 saturated heterocycles. The van der Waals surface area contributed by atoms with E-state index in [4.69, 9.17) is 38.4 Å². The van der Waals surface area contributed by atoms with Crippen LogP contribution in [-0.2, 0) is 4.74 Å². The quantitative estimate of drug-likeness (QED) is 0.662. The van der Waals surface area contributed by atoms with Gasteiger partial charge in [0, 0.05) is 6.07 Å². The van der Waals surface area contributed by atoms with Gasteiger partial charge in [-0.05, 0) is 37.3 Å². The topological polar surface area (TPSA) is 61.5 Å². The Morgan fingerprint density at radius 2 is 1.90 bits per heavy atom. The minimum Gasteiger partial charge on any atom is -0.462 e. The molecule has 0 atom stereocenters. The first-order valence-electron chi connectivity index (χ1n) is 6.20. The lowest BCUT2D eigenvalue weighted by atomic mass is 10.2. The van der Waals surface area contributed by atoms with E-state index in [1.165, 1.54) is 6.07 Å². The van der Waals surface area contributed by atoms with Crippen molar-refractivity contribution < 1.29 is 14.3 Å². The van der Waals surface area contributed by atoms with Crippen molar-refractivity contribution in [3.8, 4) is 11.5 Å². The third-order valence-corrected chi connectivity index (χ3v) is 3.38. The molecule has 0 aliphatic rings. The molecule has 0 radical (unpaired) electrons. The second-order valence-corrected chi connectivity index (χ2v) is 4.97. The van der Waals surface area contributed by atoms with Crippen LogP contribution in [0.5, 0.6) is 11.5 Å². The van der Waals surface area contributed by atoms with E-state index in [9.17, 15) is 4.79 Å². The average molecular weight is 326 g/mol. The fourth-order valence-electron chi connectivity index (χ4n) is 1.65. The summed E-state index contributed by atoms with van der Waals surface area (Å²) in [7, 11) is 0. The molecule has 0 fully saturated rings. The van der Waals surface area contributed by atoms with Gasteiger partial charge in [-0.3, -0.25) is 0 Å². The highest BCUT2D eigenvalue weighted by molar-refractivity contribution is 6.42. The Bertz CT molecular complexity index is 674. The molecule has 21 heavy (non-hydrogen) atoms. The van der Waals surface area contributed by atoms with Crippen molar-refractivity contribution in [1.82, 2.24) is 0 Å². The molecule has 0 heterocycles. The summed E-state index contributed by atoms with van der Waals surface area (Å²) in [4.78, 5) is 11.6. The first-order chi connectivity index (χ1) is 10.0. The second kappa shape index (κ2) is 6.70. The number of carbonyl (C=O) groups is 1. The lowest BCUT2D eigenvalue weighted by Gasteiger charge is -2.10. The highest BCUT2D eigenvalue weighted by Gasteiger charge is 2.10. The zero-order valence-electron chi connectivity index (χ0n) is 11.2. The van der Waals surface area contributed by atoms with Crippen molar-refractivity contribution in [1.29, 1.82) is 0 Å². The number of nitrogen functional groups attached to an aromatic ring is 1. The average Bonchev–Trinajstić information content (AvgIpc) is 2.45. The van der Waals surface area contributed by atoms with E-state index in [2.05, 4.69) is 0 Å². The van der Waals surface area contributed by atoms with Crippen molar-refractivity contribution in [2.45, 2.75) is 6.92 Å². The summed E-state index contributed by atoms with van der Waals surface area (Å²) in [6.45, 7) is 2.04. The number of hydrogen-bond acceptors (Lipinski definition) is 4. The van der Waals surface area contributed by atoms with Gasteiger partial charge in [-0.25, -0.2) is 4.79 Å². The Kier molecular flexibility index (Phi) is 4.94. The van der Waals surface area contributed by atoms with Crippen LogP contribution in [0.4, 0.5) is 5.69 Å². The van der Waals surface area contributed by atoms with Gasteiger partial charge in [0.25, 0.3) is 0 Å². The molecular formula is C15H13Cl2NO3. The van der Waals surface area contributed by atoms with E-state index in [1.54, 1.807) is 37.3 Å². The zero-order chi connectivity index (χ0) is 15.4. The number of benzene rings is 2. The standard InChI is InChI=1S/C15H13Cl2NO3/c1-2-20-15(19)9-3-6-14(13(18)7-9)21-10-4-5-11(16)12(17)8-10/h3-8H,2,18H2,1H3. The summed E-state index contributed by atoms with van der Waals surface area (Å²) in [5, 5.41) is 0.825. The lowest BCUT2D eigenvalue weighted by Crippen LogP contribution is -2.05. The van der Waals surface area contributed by atoms with Gasteiger partial charge in [0.2, 0.25) is 0 Å². The maximum absolute atomic E-state index is 11.6. The number of hydrogen-bond donors (Lipinski definition) is 1. The number of esters is 1. The van der Waals surface area contributed by atoms with Gasteiger partial charge < -0.3 is 15.2 Å². The summed E-state index contributed by atoms with van der Waals surface area (Å²) >= 11 is 11.8. The minimum atomic E-state index is -0.426. The van der Waals surface area contributed by atoms with Gasteiger partial charge in [0.1, 0.15) is 11.5 Å². The second-order valence-electron chi connectivity index (χ2n) is 4.15. The molecule has 2 N–H and O–H groups in total. The summed E-state index contributed by atoms with van der Waals surface area (Å²) in [6.07, 6.45) is 0. The Labute approximate surface area is 132 Å². The van der Waals surface area contributed by atoms with E-state index in [1.807, 2.05) is 0 Å². The maximum atomic E-state index is 11.6. The van der Waals surface area contributed by atoms with Gasteiger partial charge >= 0.3 is 5.97 Å². The molecule has 6 heteroatoms. The summed E-state index contributed by atoms with van der Waals surface area (Å²) in [6, 6.07) is 9.58. The number of ether oxygens (including phenoxy) is 2. The summed E-state index contributed by atoms with van der Waals surface area (Å²) in [5.41, 5.74) is 6.58. The molecule has 0 amide bonds. The van der Waals surface area contributed by atoms with E-state index >= 15 is 0 Å². The first kappa shape index (κ1) is 15.5. The van der Waals surface area contributed by atoms with E-state index in [0.29, 0.717) is 39.4 Å². The molecular weight excluding hydrogens is 313 g/mol. The number of halogens is 2. The zero-order valence-corrected chi connectivity index (χ0v) is 12.7. The highest BCUT2D eigenvalue weighted by Crippen LogP contribution is 2.32. The fourth-order valence-corrected chi connectivity index (χ4v) is 1.94. The molecule has 0 saturated carbocycles. The van der Waals surface area contributed by atoms with Crippen LogP contribution in [0.3, 0.4) is 0 Å². The molecule has 4 nitrogen and oxygen atoms in total. The number of nitrogens with two attached hydrogens (primary N) is 1. The van der Waals surface area contributed by atoms with Crippen LogP contribution in [0.25, 0.3) is 0 Å². The minimum absolute atomic E-state index is 0.306. The van der Waals surface area contributed by atoms with E-state index in [-0.39, 0.29) is 0 Å². The molecule has 110 valence electrons. The van der Waals surface area contributed by atoms with E-state index in [0.717, 1.165) is 0 Å². The molecule has 0 aliphatic carbocycles. The fraction of sp³-hybridized carbons (Fsp3) is 0.133. The van der Waals surface area contributed by atoms with Crippen LogP contribution in [0.1, 0.15) is 17.3 Å². The van der Waals surface area contributed by atoms with Crippen molar-refractivity contribution in [3.05, 3.63) is 52.0 Å². The number of carbonyl (C=O) groups excluding carboxylic acids is 1. The third-order valence-electron chi connectivity index (χ3n) is 2.64. The van der Waals surface area contributed by atoms with Crippen LogP contribution in [0.2, 0.25) is 10.0 Å². The molecule has 0 unspecified atom stereocenters. The number of anilines is 1. The molecule has 0 spiro atoms. The molecule has 2 aromatic carbocycles. The van der Waals surface area contributed by atoms with Crippen LogP contribution >= 0.6 is 23.2 Å². The largest absolute Gasteiger partial charge is 0.462 e. The van der Waals surface area contributed by atoms with Crippen LogP contribution in [0, 0.1) is 0 Å². The van der Waals surface area contributed by atoms with Gasteiger partial charge in [0.15, 0.2) is 0 Å². The van der Waals surface area contributed by atoms with Crippen molar-refractivity contribution in [2.24, 2.45) is 0 Å². The Hall–Kier alpha value is -1.91. The molecule has 0 aliphatic heterocycles. The SMILES string of the molecule is CCOC(=O)c1ccc(Oc2ccc(Cl)c(Cl)c2)c(N)c1. The van der Waals surface area contributed by atoms with Crippen molar-refractivity contribution >= 4 is 34.9 Å². The Morgan fingerprint density at radius 1 is 1.14 bits per heavy atom. The lowest BCUT2D eigenvalue weighted by molar-refractivity contribution is 0.0526. The predicted octanol–water partition coefficient (Wildman–Crippen LogP) is 4.54. The monoisotopic (exact) mass is 325 g/mol. The maximum Gasteiger partial charge on any atom is 0.338 e. The van der Waals surface area contributed by atoms with Crippen LogP contribution < -0.4 is 10.5 Å². The van der Waals surface area contributed by atoms with Crippen molar-refractivity contribution in [3.63, 3.8) is 0 Å². The molecule has 0 bridgehead atoms. The molecule has 2 rings (SSSR count). The smallest absolute Gasteiger partial charge is 0.338 e. The number of rotatable bonds is 4. The van der Waals surface area contributed by atoms with E-state index < -0.39 is 5.97 Å². The molecule has 2 aromatic rings. The van der Waals surface area contributed by atoms with Gasteiger partial charge in [0.05, 0.1) is 27.9 Å². The van der Waals surface area contributed by atoms with Crippen molar-refractivity contribution in [2.75, 3.05) is 12.3 Å². The highest BCUT2D eigenvalue weighted by atomic mass is 35.5. The van der Waals surface area contributed by atoms with Gasteiger partial charge in [-0.1, -0.05) is 23.2 Å². The third kappa shape index (κ3) is 3.80. The summed E-state index contributed by atoms with van der Waals surface area (Å²) < 4.78 is 10.5.